The summed E-state index contributed by atoms with van der Waals surface area (Å²) in [6.45, 7) is 0.342. The van der Waals surface area contributed by atoms with E-state index in [1.165, 1.54) is 11.5 Å². The van der Waals surface area contributed by atoms with E-state index in [0.717, 1.165) is 10.9 Å². The van der Waals surface area contributed by atoms with Crippen LogP contribution in [0.15, 0.2) is 66.7 Å². The minimum Gasteiger partial charge on any atom is -0.488 e. The van der Waals surface area contributed by atoms with Crippen LogP contribution in [-0.4, -0.2) is 11.1 Å². The molecule has 0 atom stereocenters. The van der Waals surface area contributed by atoms with Crippen LogP contribution in [0.25, 0.3) is 10.8 Å². The summed E-state index contributed by atoms with van der Waals surface area (Å²) in [5.41, 5.74) is 1.19. The van der Waals surface area contributed by atoms with Crippen LogP contribution in [0, 0.1) is 0 Å². The fourth-order valence-corrected chi connectivity index (χ4v) is 2.26. The Morgan fingerprint density at radius 3 is 2.43 bits per heavy atom. The lowest BCUT2D eigenvalue weighted by Gasteiger charge is -2.09. The van der Waals surface area contributed by atoms with E-state index in [-0.39, 0.29) is 5.56 Å². The molecule has 0 unspecified atom stereocenters. The van der Waals surface area contributed by atoms with Crippen LogP contribution in [0.1, 0.15) is 15.9 Å². The zero-order valence-corrected chi connectivity index (χ0v) is 11.3. The molecule has 3 heteroatoms. The first-order valence-electron chi connectivity index (χ1n) is 6.67. The minimum absolute atomic E-state index is 0.179. The molecule has 0 aliphatic rings. The first kappa shape index (κ1) is 13.2. The Kier molecular flexibility index (Phi) is 3.56. The summed E-state index contributed by atoms with van der Waals surface area (Å²) in [6.07, 6.45) is 0. The van der Waals surface area contributed by atoms with Gasteiger partial charge in [-0.05, 0) is 34.5 Å². The summed E-state index contributed by atoms with van der Waals surface area (Å²) in [5.74, 6) is -0.595. The zero-order valence-electron chi connectivity index (χ0n) is 11.3. The van der Waals surface area contributed by atoms with Crippen LogP contribution in [0.4, 0.5) is 0 Å². The maximum atomic E-state index is 11.1. The minimum atomic E-state index is -0.982. The first-order valence-corrected chi connectivity index (χ1v) is 6.67. The molecule has 0 aliphatic heterocycles. The molecule has 0 amide bonds. The Balaban J connectivity index is 1.82. The molecular formula is C18H14O3. The number of carbonyl (C=O) groups is 1. The molecule has 104 valence electrons. The maximum Gasteiger partial charge on any atom is 0.339 e. The molecule has 0 aromatic heterocycles. The number of hydrogen-bond acceptors (Lipinski definition) is 2. The highest BCUT2D eigenvalue weighted by Crippen LogP contribution is 2.21. The molecule has 3 rings (SSSR count). The SMILES string of the molecule is O=C(O)c1ccccc1OCc1ccc2ccccc2c1. The molecule has 0 saturated heterocycles. The van der Waals surface area contributed by atoms with E-state index in [1.807, 2.05) is 30.3 Å². The van der Waals surface area contributed by atoms with Crippen LogP contribution >= 0.6 is 0 Å². The Bertz CT molecular complexity index is 793. The van der Waals surface area contributed by atoms with E-state index in [4.69, 9.17) is 9.84 Å². The third kappa shape index (κ3) is 2.87. The van der Waals surface area contributed by atoms with Gasteiger partial charge in [-0.25, -0.2) is 4.79 Å². The number of benzene rings is 3. The summed E-state index contributed by atoms with van der Waals surface area (Å²) in [5, 5.41) is 11.4. The van der Waals surface area contributed by atoms with Crippen molar-refractivity contribution in [2.75, 3.05) is 0 Å². The summed E-state index contributed by atoms with van der Waals surface area (Å²) in [7, 11) is 0. The van der Waals surface area contributed by atoms with Gasteiger partial charge in [-0.3, -0.25) is 0 Å². The maximum absolute atomic E-state index is 11.1. The normalized spacial score (nSPS) is 10.5. The van der Waals surface area contributed by atoms with Gasteiger partial charge in [0, 0.05) is 0 Å². The van der Waals surface area contributed by atoms with Crippen molar-refractivity contribution in [1.82, 2.24) is 0 Å². The molecule has 21 heavy (non-hydrogen) atoms. The molecular weight excluding hydrogens is 264 g/mol. The molecule has 3 aromatic carbocycles. The van der Waals surface area contributed by atoms with E-state index >= 15 is 0 Å². The smallest absolute Gasteiger partial charge is 0.339 e. The van der Waals surface area contributed by atoms with Gasteiger partial charge in [-0.15, -0.1) is 0 Å². The monoisotopic (exact) mass is 278 g/mol. The van der Waals surface area contributed by atoms with Crippen molar-refractivity contribution in [2.45, 2.75) is 6.61 Å². The van der Waals surface area contributed by atoms with E-state index < -0.39 is 5.97 Å². The predicted molar refractivity (Wildman–Crippen MR) is 81.7 cm³/mol. The van der Waals surface area contributed by atoms with Gasteiger partial charge < -0.3 is 9.84 Å². The number of aromatic carboxylic acids is 1. The second-order valence-corrected chi connectivity index (χ2v) is 4.77. The van der Waals surface area contributed by atoms with Crippen molar-refractivity contribution in [3.8, 4) is 5.75 Å². The van der Waals surface area contributed by atoms with Gasteiger partial charge in [0.25, 0.3) is 0 Å². The van der Waals surface area contributed by atoms with Gasteiger partial charge >= 0.3 is 5.97 Å². The number of carboxylic acid groups (broad SMARTS) is 1. The molecule has 3 aromatic rings. The van der Waals surface area contributed by atoms with E-state index in [2.05, 4.69) is 12.1 Å². The number of carboxylic acids is 1. The van der Waals surface area contributed by atoms with Crippen molar-refractivity contribution < 1.29 is 14.6 Å². The molecule has 0 spiro atoms. The Morgan fingerprint density at radius 1 is 0.905 bits per heavy atom. The molecule has 0 bridgehead atoms. The Labute approximate surface area is 122 Å². The van der Waals surface area contributed by atoms with Crippen molar-refractivity contribution in [1.29, 1.82) is 0 Å². The molecule has 0 fully saturated rings. The third-order valence-electron chi connectivity index (χ3n) is 3.33. The number of rotatable bonds is 4. The first-order chi connectivity index (χ1) is 10.2. The molecule has 1 N–H and O–H groups in total. The van der Waals surface area contributed by atoms with Crippen molar-refractivity contribution in [3.05, 3.63) is 77.9 Å². The van der Waals surface area contributed by atoms with Gasteiger partial charge in [0.2, 0.25) is 0 Å². The van der Waals surface area contributed by atoms with Gasteiger partial charge in [-0.2, -0.15) is 0 Å². The van der Waals surface area contributed by atoms with Crippen LogP contribution in [-0.2, 0) is 6.61 Å². The molecule has 0 radical (unpaired) electrons. The lowest BCUT2D eigenvalue weighted by molar-refractivity contribution is 0.0692. The fraction of sp³-hybridized carbons (Fsp3) is 0.0556. The highest BCUT2D eigenvalue weighted by atomic mass is 16.5. The molecule has 0 heterocycles. The van der Waals surface area contributed by atoms with Gasteiger partial charge in [-0.1, -0.05) is 48.5 Å². The average Bonchev–Trinajstić information content (AvgIpc) is 2.53. The van der Waals surface area contributed by atoms with Gasteiger partial charge in [0.15, 0.2) is 0 Å². The van der Waals surface area contributed by atoms with Crippen LogP contribution in [0.5, 0.6) is 5.75 Å². The summed E-state index contributed by atoms with van der Waals surface area (Å²) >= 11 is 0. The van der Waals surface area contributed by atoms with Crippen LogP contribution < -0.4 is 4.74 Å². The van der Waals surface area contributed by atoms with Crippen molar-refractivity contribution in [2.24, 2.45) is 0 Å². The van der Waals surface area contributed by atoms with Crippen LogP contribution in [0.2, 0.25) is 0 Å². The zero-order chi connectivity index (χ0) is 14.7. The third-order valence-corrected chi connectivity index (χ3v) is 3.33. The summed E-state index contributed by atoms with van der Waals surface area (Å²) in [4.78, 5) is 11.1. The highest BCUT2D eigenvalue weighted by Gasteiger charge is 2.10. The molecule has 0 aliphatic carbocycles. The average molecular weight is 278 g/mol. The number of fused-ring (bicyclic) bond motifs is 1. The number of ether oxygens (including phenoxy) is 1. The summed E-state index contributed by atoms with van der Waals surface area (Å²) < 4.78 is 5.65. The van der Waals surface area contributed by atoms with E-state index in [0.29, 0.717) is 12.4 Å². The number of hydrogen-bond donors (Lipinski definition) is 1. The molecule has 0 saturated carbocycles. The lowest BCUT2D eigenvalue weighted by atomic mass is 10.1. The fourth-order valence-electron chi connectivity index (χ4n) is 2.26. The number of para-hydroxylation sites is 1. The highest BCUT2D eigenvalue weighted by molar-refractivity contribution is 5.90. The Hall–Kier alpha value is -2.81. The van der Waals surface area contributed by atoms with Gasteiger partial charge in [0.05, 0.1) is 0 Å². The van der Waals surface area contributed by atoms with Crippen molar-refractivity contribution in [3.63, 3.8) is 0 Å². The van der Waals surface area contributed by atoms with E-state index in [1.54, 1.807) is 18.2 Å². The molecule has 3 nitrogen and oxygen atoms in total. The predicted octanol–water partition coefficient (Wildman–Crippen LogP) is 4.12. The quantitative estimate of drug-likeness (QED) is 0.781. The second-order valence-electron chi connectivity index (χ2n) is 4.77. The Morgan fingerprint density at radius 2 is 1.62 bits per heavy atom. The van der Waals surface area contributed by atoms with E-state index in [9.17, 15) is 4.79 Å². The standard InChI is InChI=1S/C18H14O3/c19-18(20)16-7-3-4-8-17(16)21-12-13-9-10-14-5-1-2-6-15(14)11-13/h1-11H,12H2,(H,19,20). The van der Waals surface area contributed by atoms with Crippen LogP contribution in [0.3, 0.4) is 0 Å². The topological polar surface area (TPSA) is 46.5 Å². The second kappa shape index (κ2) is 5.67. The van der Waals surface area contributed by atoms with Crippen molar-refractivity contribution >= 4 is 16.7 Å². The van der Waals surface area contributed by atoms with Gasteiger partial charge in [0.1, 0.15) is 17.9 Å². The largest absolute Gasteiger partial charge is 0.488 e. The summed E-state index contributed by atoms with van der Waals surface area (Å²) in [6, 6.07) is 20.8. The lowest BCUT2D eigenvalue weighted by Crippen LogP contribution is -2.03.